The molecule has 1 amide bonds. The van der Waals surface area contributed by atoms with Gasteiger partial charge in [-0.25, -0.2) is 4.39 Å². The van der Waals surface area contributed by atoms with Crippen LogP contribution < -0.4 is 0 Å². The number of benzene rings is 1. The van der Waals surface area contributed by atoms with Crippen molar-refractivity contribution >= 4 is 5.91 Å². The van der Waals surface area contributed by atoms with Gasteiger partial charge in [0.25, 0.3) is 5.91 Å². The number of hydrogen-bond acceptors (Lipinski definition) is 2. The summed E-state index contributed by atoms with van der Waals surface area (Å²) in [7, 11) is 1.65. The highest BCUT2D eigenvalue weighted by Crippen LogP contribution is 2.35. The van der Waals surface area contributed by atoms with Gasteiger partial charge in [-0.15, -0.1) is 0 Å². The van der Waals surface area contributed by atoms with Gasteiger partial charge in [0.05, 0.1) is 0 Å². The molecule has 1 aromatic carbocycles. The summed E-state index contributed by atoms with van der Waals surface area (Å²) in [5, 5.41) is 9.56. The Morgan fingerprint density at radius 3 is 2.71 bits per heavy atom. The molecule has 3 nitrogen and oxygen atoms in total. The molecule has 0 saturated heterocycles. The van der Waals surface area contributed by atoms with Crippen LogP contribution in [0, 0.1) is 11.7 Å². The number of phenols is 1. The minimum atomic E-state index is -0.676. The fourth-order valence-corrected chi connectivity index (χ4v) is 1.98. The van der Waals surface area contributed by atoms with Gasteiger partial charge in [0.2, 0.25) is 0 Å². The van der Waals surface area contributed by atoms with E-state index in [2.05, 4.69) is 0 Å². The highest BCUT2D eigenvalue weighted by Gasteiger charge is 2.34. The van der Waals surface area contributed by atoms with Crippen molar-refractivity contribution in [3.05, 3.63) is 29.6 Å². The summed E-state index contributed by atoms with van der Waals surface area (Å²) in [5.41, 5.74) is -0.234. The number of rotatable bonds is 3. The summed E-state index contributed by atoms with van der Waals surface area (Å²) in [5.74, 6) is -0.924. The van der Waals surface area contributed by atoms with Gasteiger partial charge in [0.15, 0.2) is 0 Å². The molecule has 1 saturated carbocycles. The first-order chi connectivity index (χ1) is 8.02. The van der Waals surface area contributed by atoms with Crippen molar-refractivity contribution in [2.24, 2.45) is 5.92 Å². The van der Waals surface area contributed by atoms with E-state index in [-0.39, 0.29) is 17.4 Å². The molecular weight excluding hydrogens is 221 g/mol. The van der Waals surface area contributed by atoms with Gasteiger partial charge >= 0.3 is 0 Å². The third kappa shape index (κ3) is 2.25. The van der Waals surface area contributed by atoms with Crippen LogP contribution in [0.4, 0.5) is 4.39 Å². The van der Waals surface area contributed by atoms with Crippen LogP contribution in [0.1, 0.15) is 30.1 Å². The molecular formula is C13H16FNO2. The van der Waals surface area contributed by atoms with Crippen molar-refractivity contribution in [2.75, 3.05) is 7.05 Å². The van der Waals surface area contributed by atoms with Crippen molar-refractivity contribution in [3.63, 3.8) is 0 Å². The maximum Gasteiger partial charge on any atom is 0.260 e. The fraction of sp³-hybridized carbons (Fsp3) is 0.462. The van der Waals surface area contributed by atoms with Gasteiger partial charge in [-0.3, -0.25) is 4.79 Å². The smallest absolute Gasteiger partial charge is 0.260 e. The molecule has 4 heteroatoms. The van der Waals surface area contributed by atoms with Crippen LogP contribution >= 0.6 is 0 Å². The Morgan fingerprint density at radius 2 is 2.18 bits per heavy atom. The molecule has 0 aromatic heterocycles. The van der Waals surface area contributed by atoms with Gasteiger partial charge in [-0.05, 0) is 37.8 Å². The Hall–Kier alpha value is -1.58. The lowest BCUT2D eigenvalue weighted by Gasteiger charge is -2.25. The Bertz CT molecular complexity index is 423. The summed E-state index contributed by atoms with van der Waals surface area (Å²) in [6.45, 7) is 1.95. The van der Waals surface area contributed by atoms with E-state index in [1.165, 1.54) is 23.1 Å². The molecule has 0 aliphatic heterocycles. The first-order valence-electron chi connectivity index (χ1n) is 5.77. The predicted octanol–water partition coefficient (Wildman–Crippen LogP) is 2.40. The van der Waals surface area contributed by atoms with Crippen molar-refractivity contribution in [1.82, 2.24) is 4.90 Å². The second-order valence-electron chi connectivity index (χ2n) is 4.63. The quantitative estimate of drug-likeness (QED) is 0.877. The lowest BCUT2D eigenvalue weighted by atomic mass is 10.1. The van der Waals surface area contributed by atoms with Gasteiger partial charge in [-0.2, -0.15) is 0 Å². The van der Waals surface area contributed by atoms with E-state index in [0.29, 0.717) is 5.92 Å². The van der Waals surface area contributed by atoms with E-state index in [9.17, 15) is 14.3 Å². The fourth-order valence-electron chi connectivity index (χ4n) is 1.98. The van der Waals surface area contributed by atoms with Gasteiger partial charge in [-0.1, -0.05) is 6.07 Å². The van der Waals surface area contributed by atoms with E-state index >= 15 is 0 Å². The lowest BCUT2D eigenvalue weighted by molar-refractivity contribution is 0.0719. The number of amides is 1. The van der Waals surface area contributed by atoms with E-state index in [1.54, 1.807) is 7.05 Å². The predicted molar refractivity (Wildman–Crippen MR) is 62.3 cm³/mol. The first kappa shape index (κ1) is 11.9. The monoisotopic (exact) mass is 237 g/mol. The minimum absolute atomic E-state index is 0.0847. The summed E-state index contributed by atoms with van der Waals surface area (Å²) in [6.07, 6.45) is 2.23. The third-order valence-corrected chi connectivity index (χ3v) is 3.44. The molecule has 1 aliphatic rings. The molecule has 0 spiro atoms. The number of aromatic hydroxyl groups is 1. The van der Waals surface area contributed by atoms with Gasteiger partial charge < -0.3 is 10.0 Å². The van der Waals surface area contributed by atoms with E-state index in [1.807, 2.05) is 6.92 Å². The Kier molecular flexibility index (Phi) is 3.05. The molecule has 1 N–H and O–H groups in total. The zero-order chi connectivity index (χ0) is 12.6. The second-order valence-corrected chi connectivity index (χ2v) is 4.63. The number of carbonyl (C=O) groups excluding carboxylic acids is 1. The molecule has 17 heavy (non-hydrogen) atoms. The maximum atomic E-state index is 13.5. The molecule has 1 fully saturated rings. The number of phenolic OH excluding ortho intramolecular Hbond substituents is 1. The first-order valence-corrected chi connectivity index (χ1v) is 5.77. The number of halogens is 1. The van der Waals surface area contributed by atoms with Crippen LogP contribution in [0.5, 0.6) is 5.75 Å². The SMILES string of the molecule is CC(C1CC1)N(C)C(=O)c1c(O)cccc1F. The normalized spacial score (nSPS) is 16.6. The highest BCUT2D eigenvalue weighted by atomic mass is 19.1. The molecule has 1 atom stereocenters. The number of nitrogens with zero attached hydrogens (tertiary/aromatic N) is 1. The Morgan fingerprint density at radius 1 is 1.53 bits per heavy atom. The second kappa shape index (κ2) is 4.35. The minimum Gasteiger partial charge on any atom is -0.507 e. The molecule has 92 valence electrons. The molecule has 0 bridgehead atoms. The van der Waals surface area contributed by atoms with Gasteiger partial charge in [0.1, 0.15) is 17.1 Å². The topological polar surface area (TPSA) is 40.5 Å². The number of carbonyl (C=O) groups is 1. The van der Waals surface area contributed by atoms with Crippen LogP contribution in [-0.4, -0.2) is 29.0 Å². The summed E-state index contributed by atoms with van der Waals surface area (Å²) >= 11 is 0. The van der Waals surface area contributed by atoms with Crippen LogP contribution in [-0.2, 0) is 0 Å². The average molecular weight is 237 g/mol. The molecule has 0 heterocycles. The highest BCUT2D eigenvalue weighted by molar-refractivity contribution is 5.97. The van der Waals surface area contributed by atoms with Crippen molar-refractivity contribution in [1.29, 1.82) is 0 Å². The zero-order valence-electron chi connectivity index (χ0n) is 9.98. The van der Waals surface area contributed by atoms with E-state index < -0.39 is 11.7 Å². The van der Waals surface area contributed by atoms with Crippen LogP contribution in [0.25, 0.3) is 0 Å². The summed E-state index contributed by atoms with van der Waals surface area (Å²) < 4.78 is 13.5. The lowest BCUT2D eigenvalue weighted by Crippen LogP contribution is -2.36. The van der Waals surface area contributed by atoms with E-state index in [4.69, 9.17) is 0 Å². The maximum absolute atomic E-state index is 13.5. The van der Waals surface area contributed by atoms with Crippen molar-refractivity contribution in [3.8, 4) is 5.75 Å². The number of hydrogen-bond donors (Lipinski definition) is 1. The average Bonchev–Trinajstić information content (AvgIpc) is 3.10. The summed E-state index contributed by atoms with van der Waals surface area (Å²) in [4.78, 5) is 13.6. The molecule has 1 unspecified atom stereocenters. The van der Waals surface area contributed by atoms with Crippen molar-refractivity contribution < 1.29 is 14.3 Å². The van der Waals surface area contributed by atoms with E-state index in [0.717, 1.165) is 12.8 Å². The molecule has 1 aliphatic carbocycles. The summed E-state index contributed by atoms with van der Waals surface area (Å²) in [6, 6.07) is 3.97. The largest absolute Gasteiger partial charge is 0.507 e. The Labute approximate surface area is 99.9 Å². The third-order valence-electron chi connectivity index (χ3n) is 3.44. The van der Waals surface area contributed by atoms with Crippen LogP contribution in [0.15, 0.2) is 18.2 Å². The molecule has 1 aromatic rings. The standard InChI is InChI=1S/C13H16FNO2/c1-8(9-6-7-9)15(2)13(17)12-10(14)4-3-5-11(12)16/h3-5,8-9,16H,6-7H2,1-2H3. The van der Waals surface area contributed by atoms with Crippen molar-refractivity contribution in [2.45, 2.75) is 25.8 Å². The van der Waals surface area contributed by atoms with Crippen LogP contribution in [0.3, 0.4) is 0 Å². The Balaban J connectivity index is 2.24. The van der Waals surface area contributed by atoms with Gasteiger partial charge in [0, 0.05) is 13.1 Å². The van der Waals surface area contributed by atoms with Crippen LogP contribution in [0.2, 0.25) is 0 Å². The zero-order valence-corrected chi connectivity index (χ0v) is 9.98. The molecule has 0 radical (unpaired) electrons. The molecule has 2 rings (SSSR count).